The van der Waals surface area contributed by atoms with Gasteiger partial charge in [0.25, 0.3) is 0 Å². The number of ether oxygens (including phenoxy) is 2. The predicted molar refractivity (Wildman–Crippen MR) is 75.5 cm³/mol. The van der Waals surface area contributed by atoms with Crippen LogP contribution in [0.3, 0.4) is 0 Å². The van der Waals surface area contributed by atoms with Crippen LogP contribution in [-0.4, -0.2) is 32.3 Å². The third kappa shape index (κ3) is 6.25. The van der Waals surface area contributed by atoms with Crippen molar-refractivity contribution in [2.24, 2.45) is 0 Å². The lowest BCUT2D eigenvalue weighted by atomic mass is 10.1. The minimum atomic E-state index is -0.0195. The van der Waals surface area contributed by atoms with Crippen molar-refractivity contribution in [2.45, 2.75) is 33.2 Å². The number of methoxy groups -OCH3 is 1. The van der Waals surface area contributed by atoms with Gasteiger partial charge in [0.15, 0.2) is 0 Å². The molecule has 0 heterocycles. The normalized spacial score (nSPS) is 12.0. The molecule has 0 spiro atoms. The second-order valence-corrected chi connectivity index (χ2v) is 4.85. The van der Waals surface area contributed by atoms with Crippen LogP contribution in [0.4, 0.5) is 0 Å². The van der Waals surface area contributed by atoms with E-state index in [1.165, 1.54) is 0 Å². The van der Waals surface area contributed by atoms with Crippen LogP contribution in [0.25, 0.3) is 0 Å². The molecule has 0 aliphatic heterocycles. The summed E-state index contributed by atoms with van der Waals surface area (Å²) in [6, 6.07) is 6.06. The van der Waals surface area contributed by atoms with E-state index in [1.54, 1.807) is 7.11 Å². The van der Waals surface area contributed by atoms with E-state index in [-0.39, 0.29) is 11.9 Å². The molecule has 106 valence electrons. The first kappa shape index (κ1) is 15.5. The molecule has 1 aromatic rings. The van der Waals surface area contributed by atoms with Gasteiger partial charge in [-0.05, 0) is 44.0 Å². The molecule has 19 heavy (non-hydrogen) atoms. The fourth-order valence-corrected chi connectivity index (χ4v) is 1.92. The number of carbonyl (C=O) groups is 1. The maximum absolute atomic E-state index is 11.6. The third-order valence-corrected chi connectivity index (χ3v) is 2.62. The molecule has 0 unspecified atom stereocenters. The van der Waals surface area contributed by atoms with E-state index in [9.17, 15) is 4.79 Å². The van der Waals surface area contributed by atoms with E-state index in [1.807, 2.05) is 32.9 Å². The molecule has 0 saturated carbocycles. The summed E-state index contributed by atoms with van der Waals surface area (Å²) in [5, 5.41) is 2.85. The number of hydrogen-bond donors (Lipinski definition) is 1. The second-order valence-electron chi connectivity index (χ2n) is 4.85. The lowest BCUT2D eigenvalue weighted by Crippen LogP contribution is -2.36. The molecule has 0 bridgehead atoms. The molecule has 0 aliphatic rings. The number of benzene rings is 1. The van der Waals surface area contributed by atoms with Crippen molar-refractivity contribution in [3.05, 3.63) is 29.3 Å². The molecule has 1 amide bonds. The van der Waals surface area contributed by atoms with Crippen molar-refractivity contribution in [1.82, 2.24) is 5.32 Å². The Kier molecular flexibility index (Phi) is 6.36. The van der Waals surface area contributed by atoms with Crippen molar-refractivity contribution in [1.29, 1.82) is 0 Å². The topological polar surface area (TPSA) is 47.6 Å². The van der Waals surface area contributed by atoms with E-state index in [0.29, 0.717) is 19.6 Å². The van der Waals surface area contributed by atoms with Crippen LogP contribution in [0, 0.1) is 13.8 Å². The van der Waals surface area contributed by atoms with Crippen LogP contribution in [0.5, 0.6) is 5.75 Å². The van der Waals surface area contributed by atoms with Crippen molar-refractivity contribution >= 4 is 5.91 Å². The molecule has 0 saturated heterocycles. The Bertz CT molecular complexity index is 398. The van der Waals surface area contributed by atoms with E-state index in [2.05, 4.69) is 11.4 Å². The number of rotatable bonds is 7. The largest absolute Gasteiger partial charge is 0.493 e. The Morgan fingerprint density at radius 1 is 1.26 bits per heavy atom. The van der Waals surface area contributed by atoms with E-state index in [4.69, 9.17) is 9.47 Å². The maximum atomic E-state index is 11.6. The van der Waals surface area contributed by atoms with Gasteiger partial charge in [-0.2, -0.15) is 0 Å². The minimum Gasteiger partial charge on any atom is -0.493 e. The van der Waals surface area contributed by atoms with E-state index >= 15 is 0 Å². The summed E-state index contributed by atoms with van der Waals surface area (Å²) in [4.78, 5) is 11.6. The standard InChI is InChI=1S/C15H23NO3/c1-11-7-12(2)9-14(8-11)19-6-5-15(17)16-13(3)10-18-4/h7-9,13H,5-6,10H2,1-4H3,(H,16,17)/t13-/m1/s1. The number of hydrogen-bond acceptors (Lipinski definition) is 3. The second kappa shape index (κ2) is 7.79. The van der Waals surface area contributed by atoms with Crippen LogP contribution in [0.2, 0.25) is 0 Å². The van der Waals surface area contributed by atoms with Gasteiger partial charge < -0.3 is 14.8 Å². The highest BCUT2D eigenvalue weighted by molar-refractivity contribution is 5.76. The first-order valence-electron chi connectivity index (χ1n) is 6.50. The molecule has 0 aliphatic carbocycles. The van der Waals surface area contributed by atoms with E-state index in [0.717, 1.165) is 16.9 Å². The maximum Gasteiger partial charge on any atom is 0.223 e. The molecule has 4 heteroatoms. The summed E-state index contributed by atoms with van der Waals surface area (Å²) >= 11 is 0. The van der Waals surface area contributed by atoms with Crippen LogP contribution in [0.1, 0.15) is 24.5 Å². The van der Waals surface area contributed by atoms with Crippen molar-refractivity contribution in [3.8, 4) is 5.75 Å². The molecule has 1 aromatic carbocycles. The van der Waals surface area contributed by atoms with Gasteiger partial charge in [0.05, 0.1) is 19.6 Å². The molecule has 0 fully saturated rings. The highest BCUT2D eigenvalue weighted by atomic mass is 16.5. The highest BCUT2D eigenvalue weighted by Crippen LogP contribution is 2.16. The predicted octanol–water partition coefficient (Wildman–Crippen LogP) is 2.22. The first-order valence-corrected chi connectivity index (χ1v) is 6.50. The Morgan fingerprint density at radius 3 is 2.47 bits per heavy atom. The Hall–Kier alpha value is -1.55. The van der Waals surface area contributed by atoms with Crippen molar-refractivity contribution < 1.29 is 14.3 Å². The molecule has 4 nitrogen and oxygen atoms in total. The smallest absolute Gasteiger partial charge is 0.223 e. The lowest BCUT2D eigenvalue weighted by molar-refractivity contribution is -0.122. The van der Waals surface area contributed by atoms with Gasteiger partial charge in [-0.3, -0.25) is 4.79 Å². The zero-order valence-electron chi connectivity index (χ0n) is 12.2. The minimum absolute atomic E-state index is 0.0195. The molecular weight excluding hydrogens is 242 g/mol. The van der Waals surface area contributed by atoms with Gasteiger partial charge in [-0.1, -0.05) is 6.07 Å². The quantitative estimate of drug-likeness (QED) is 0.822. The summed E-state index contributed by atoms with van der Waals surface area (Å²) in [6.45, 7) is 6.86. The van der Waals surface area contributed by atoms with Gasteiger partial charge in [0.1, 0.15) is 5.75 Å². The van der Waals surface area contributed by atoms with Gasteiger partial charge in [-0.25, -0.2) is 0 Å². The number of amides is 1. The molecule has 1 atom stereocenters. The van der Waals surface area contributed by atoms with Gasteiger partial charge in [0, 0.05) is 13.2 Å². The van der Waals surface area contributed by atoms with Gasteiger partial charge in [-0.15, -0.1) is 0 Å². The van der Waals surface area contributed by atoms with Crippen molar-refractivity contribution in [3.63, 3.8) is 0 Å². The molecule has 1 N–H and O–H groups in total. The molecular formula is C15H23NO3. The van der Waals surface area contributed by atoms with E-state index < -0.39 is 0 Å². The zero-order chi connectivity index (χ0) is 14.3. The van der Waals surface area contributed by atoms with Gasteiger partial charge >= 0.3 is 0 Å². The molecule has 0 radical (unpaired) electrons. The lowest BCUT2D eigenvalue weighted by Gasteiger charge is -2.13. The third-order valence-electron chi connectivity index (χ3n) is 2.62. The Balaban J connectivity index is 2.31. The first-order chi connectivity index (χ1) is 9.01. The fraction of sp³-hybridized carbons (Fsp3) is 0.533. The highest BCUT2D eigenvalue weighted by Gasteiger charge is 2.07. The summed E-state index contributed by atoms with van der Waals surface area (Å²) in [6.07, 6.45) is 0.348. The fourth-order valence-electron chi connectivity index (χ4n) is 1.92. The monoisotopic (exact) mass is 265 g/mol. The molecule has 0 aromatic heterocycles. The average Bonchev–Trinajstić information content (AvgIpc) is 2.27. The molecule has 1 rings (SSSR count). The van der Waals surface area contributed by atoms with Crippen LogP contribution in [-0.2, 0) is 9.53 Å². The zero-order valence-corrected chi connectivity index (χ0v) is 12.2. The number of aryl methyl sites for hydroxylation is 2. The van der Waals surface area contributed by atoms with Crippen LogP contribution in [0.15, 0.2) is 18.2 Å². The van der Waals surface area contributed by atoms with Gasteiger partial charge in [0.2, 0.25) is 5.91 Å². The average molecular weight is 265 g/mol. The van der Waals surface area contributed by atoms with Crippen molar-refractivity contribution in [2.75, 3.05) is 20.3 Å². The number of nitrogens with one attached hydrogen (secondary N) is 1. The summed E-state index contributed by atoms with van der Waals surface area (Å²) < 4.78 is 10.5. The van der Waals surface area contributed by atoms with Crippen LogP contribution < -0.4 is 10.1 Å². The Labute approximate surface area is 115 Å². The SMILES string of the molecule is COC[C@@H](C)NC(=O)CCOc1cc(C)cc(C)c1. The Morgan fingerprint density at radius 2 is 1.89 bits per heavy atom. The summed E-state index contributed by atoms with van der Waals surface area (Å²) in [5.41, 5.74) is 2.32. The number of carbonyl (C=O) groups excluding carboxylic acids is 1. The summed E-state index contributed by atoms with van der Waals surface area (Å²) in [7, 11) is 1.62. The summed E-state index contributed by atoms with van der Waals surface area (Å²) in [5.74, 6) is 0.796. The van der Waals surface area contributed by atoms with Crippen LogP contribution >= 0.6 is 0 Å².